The molecule has 0 aliphatic carbocycles. The Kier molecular flexibility index (Phi) is 4.98. The van der Waals surface area contributed by atoms with Gasteiger partial charge in [0.05, 0.1) is 11.5 Å². The molecule has 142 valence electrons. The monoisotopic (exact) mass is 394 g/mol. The number of aromatic nitrogens is 4. The third kappa shape index (κ3) is 3.31. The Hall–Kier alpha value is -3.33. The van der Waals surface area contributed by atoms with Gasteiger partial charge in [-0.05, 0) is 19.1 Å². The molecular formula is C19H18N6O2S. The molecule has 0 radical (unpaired) electrons. The molecule has 0 bridgehead atoms. The zero-order chi connectivity index (χ0) is 19.5. The normalized spacial score (nSPS) is 11.5. The van der Waals surface area contributed by atoms with Crippen molar-refractivity contribution in [2.24, 2.45) is 17.3 Å². The van der Waals surface area contributed by atoms with Crippen molar-refractivity contribution in [1.82, 2.24) is 19.5 Å². The number of fused-ring (bicyclic) bond motifs is 1. The van der Waals surface area contributed by atoms with Gasteiger partial charge in [-0.2, -0.15) is 5.11 Å². The third-order valence-electron chi connectivity index (χ3n) is 4.16. The van der Waals surface area contributed by atoms with Crippen molar-refractivity contribution in [3.8, 4) is 21.9 Å². The van der Waals surface area contributed by atoms with E-state index in [-0.39, 0.29) is 5.75 Å². The maximum atomic E-state index is 10.8. The highest BCUT2D eigenvalue weighted by Crippen LogP contribution is 2.47. The number of benzene rings is 1. The molecule has 4 rings (SSSR count). The Morgan fingerprint density at radius 2 is 2.07 bits per heavy atom. The largest absolute Gasteiger partial charge is 0.504 e. The molecule has 0 aliphatic rings. The van der Waals surface area contributed by atoms with Crippen LogP contribution in [0, 0.1) is 0 Å². The molecule has 0 saturated carbocycles. The number of rotatable bonds is 6. The smallest absolute Gasteiger partial charge is 0.195 e. The predicted octanol–water partition coefficient (Wildman–Crippen LogP) is 4.48. The molecule has 0 spiro atoms. The second-order valence-corrected chi connectivity index (χ2v) is 6.96. The minimum Gasteiger partial charge on any atom is -0.504 e. The van der Waals surface area contributed by atoms with Crippen LogP contribution in [0.4, 0.5) is 5.82 Å². The second-order valence-electron chi connectivity index (χ2n) is 5.94. The van der Waals surface area contributed by atoms with Gasteiger partial charge in [-0.25, -0.2) is 15.0 Å². The van der Waals surface area contributed by atoms with Crippen LogP contribution >= 0.6 is 11.3 Å². The highest BCUT2D eigenvalue weighted by Gasteiger charge is 2.20. The number of thiophene rings is 1. The number of aryl methyl sites for hydroxylation is 1. The SMILES string of the molecule is CCOc1ccccc1-c1sc2c(N=NCc3nccn3C)ncnc2c1O. The number of imidazole rings is 1. The average molecular weight is 394 g/mol. The van der Waals surface area contributed by atoms with E-state index < -0.39 is 0 Å². The quantitative estimate of drug-likeness (QED) is 0.486. The molecule has 1 N–H and O–H groups in total. The Morgan fingerprint density at radius 1 is 1.21 bits per heavy atom. The summed E-state index contributed by atoms with van der Waals surface area (Å²) in [6.07, 6.45) is 4.95. The Morgan fingerprint density at radius 3 is 2.86 bits per heavy atom. The molecule has 0 amide bonds. The standard InChI is InChI=1S/C19H18N6O2S/c1-3-27-13-7-5-4-6-12(13)17-16(26)15-18(28-17)19(22-11-21-15)24-23-10-14-20-8-9-25(14)2/h4-9,11,26H,3,10H2,1-2H3. The summed E-state index contributed by atoms with van der Waals surface area (Å²) in [7, 11) is 1.90. The van der Waals surface area contributed by atoms with Crippen LogP contribution in [0.2, 0.25) is 0 Å². The van der Waals surface area contributed by atoms with Crippen molar-refractivity contribution in [3.63, 3.8) is 0 Å². The van der Waals surface area contributed by atoms with Crippen LogP contribution in [0.15, 0.2) is 53.2 Å². The van der Waals surface area contributed by atoms with Gasteiger partial charge in [0.25, 0.3) is 0 Å². The summed E-state index contributed by atoms with van der Waals surface area (Å²) in [5.74, 6) is 2.02. The van der Waals surface area contributed by atoms with Gasteiger partial charge in [0.2, 0.25) is 0 Å². The Balaban J connectivity index is 1.73. The van der Waals surface area contributed by atoms with Crippen LogP contribution in [0.1, 0.15) is 12.7 Å². The van der Waals surface area contributed by atoms with E-state index in [0.29, 0.717) is 39.8 Å². The fourth-order valence-corrected chi connectivity index (χ4v) is 3.90. The van der Waals surface area contributed by atoms with E-state index in [1.165, 1.54) is 17.7 Å². The summed E-state index contributed by atoms with van der Waals surface area (Å²) in [4.78, 5) is 13.3. The summed E-state index contributed by atoms with van der Waals surface area (Å²) in [5.41, 5.74) is 1.26. The lowest BCUT2D eigenvalue weighted by Crippen LogP contribution is -1.94. The van der Waals surface area contributed by atoms with Crippen molar-refractivity contribution < 1.29 is 9.84 Å². The summed E-state index contributed by atoms with van der Waals surface area (Å²) >= 11 is 1.37. The van der Waals surface area contributed by atoms with E-state index in [4.69, 9.17) is 4.74 Å². The summed E-state index contributed by atoms with van der Waals surface area (Å²) in [6.45, 7) is 2.80. The van der Waals surface area contributed by atoms with E-state index in [2.05, 4.69) is 25.2 Å². The number of nitrogens with zero attached hydrogens (tertiary/aromatic N) is 6. The topological polar surface area (TPSA) is 97.8 Å². The van der Waals surface area contributed by atoms with Gasteiger partial charge in [-0.1, -0.05) is 12.1 Å². The van der Waals surface area contributed by atoms with Gasteiger partial charge in [0.15, 0.2) is 11.6 Å². The van der Waals surface area contributed by atoms with Crippen molar-refractivity contribution in [2.75, 3.05) is 6.61 Å². The maximum Gasteiger partial charge on any atom is 0.195 e. The summed E-state index contributed by atoms with van der Waals surface area (Å²) in [6, 6.07) is 7.59. The van der Waals surface area contributed by atoms with Crippen LogP contribution < -0.4 is 4.74 Å². The molecule has 0 fully saturated rings. The lowest BCUT2D eigenvalue weighted by molar-refractivity contribution is 0.341. The third-order valence-corrected chi connectivity index (χ3v) is 5.36. The molecule has 8 nitrogen and oxygen atoms in total. The van der Waals surface area contributed by atoms with Gasteiger partial charge in [0.1, 0.15) is 34.7 Å². The van der Waals surface area contributed by atoms with Crippen molar-refractivity contribution in [2.45, 2.75) is 13.5 Å². The first kappa shape index (κ1) is 18.1. The highest BCUT2D eigenvalue weighted by atomic mass is 32.1. The molecular weight excluding hydrogens is 376 g/mol. The van der Waals surface area contributed by atoms with E-state index >= 15 is 0 Å². The van der Waals surface area contributed by atoms with E-state index in [1.54, 1.807) is 6.20 Å². The molecule has 0 atom stereocenters. The van der Waals surface area contributed by atoms with Crippen molar-refractivity contribution in [1.29, 1.82) is 0 Å². The highest BCUT2D eigenvalue weighted by molar-refractivity contribution is 7.23. The first-order valence-corrected chi connectivity index (χ1v) is 9.53. The Labute approximate surface area is 165 Å². The molecule has 3 heterocycles. The Bertz CT molecular complexity index is 1150. The molecule has 4 aromatic rings. The van der Waals surface area contributed by atoms with Gasteiger partial charge in [0, 0.05) is 25.0 Å². The predicted molar refractivity (Wildman–Crippen MR) is 107 cm³/mol. The zero-order valence-electron chi connectivity index (χ0n) is 15.4. The lowest BCUT2D eigenvalue weighted by atomic mass is 10.1. The number of para-hydroxylation sites is 1. The van der Waals surface area contributed by atoms with Crippen molar-refractivity contribution in [3.05, 3.63) is 48.8 Å². The number of ether oxygens (including phenoxy) is 1. The zero-order valence-corrected chi connectivity index (χ0v) is 16.2. The van der Waals surface area contributed by atoms with Gasteiger partial charge < -0.3 is 14.4 Å². The minimum absolute atomic E-state index is 0.0927. The van der Waals surface area contributed by atoms with E-state index in [9.17, 15) is 5.11 Å². The molecule has 0 aliphatic heterocycles. The molecule has 1 aromatic carbocycles. The van der Waals surface area contributed by atoms with Gasteiger partial charge in [-0.3, -0.25) is 0 Å². The van der Waals surface area contributed by atoms with Crippen LogP contribution in [0.3, 0.4) is 0 Å². The van der Waals surface area contributed by atoms with Gasteiger partial charge >= 0.3 is 0 Å². The van der Waals surface area contributed by atoms with E-state index in [0.717, 1.165) is 11.4 Å². The second kappa shape index (κ2) is 7.73. The maximum absolute atomic E-state index is 10.8. The molecule has 28 heavy (non-hydrogen) atoms. The van der Waals surface area contributed by atoms with Crippen LogP contribution in [0.25, 0.3) is 20.7 Å². The lowest BCUT2D eigenvalue weighted by Gasteiger charge is -2.08. The van der Waals surface area contributed by atoms with Crippen LogP contribution in [0.5, 0.6) is 11.5 Å². The van der Waals surface area contributed by atoms with E-state index in [1.807, 2.05) is 49.0 Å². The number of azo groups is 1. The molecule has 9 heteroatoms. The number of hydrogen-bond donors (Lipinski definition) is 1. The molecule has 0 saturated heterocycles. The molecule has 0 unspecified atom stereocenters. The van der Waals surface area contributed by atoms with Crippen LogP contribution in [-0.4, -0.2) is 31.2 Å². The fourth-order valence-electron chi connectivity index (χ4n) is 2.79. The fraction of sp³-hybridized carbons (Fsp3) is 0.211. The number of hydrogen-bond acceptors (Lipinski definition) is 8. The molecule has 3 aromatic heterocycles. The minimum atomic E-state index is 0.0927. The first-order chi connectivity index (χ1) is 13.7. The van der Waals surface area contributed by atoms with Crippen molar-refractivity contribution >= 4 is 27.4 Å². The first-order valence-electron chi connectivity index (χ1n) is 8.71. The summed E-state index contributed by atoms with van der Waals surface area (Å²) in [5, 5.41) is 19.2. The van der Waals surface area contributed by atoms with Crippen LogP contribution in [-0.2, 0) is 13.6 Å². The summed E-state index contributed by atoms with van der Waals surface area (Å²) < 4.78 is 8.25. The van der Waals surface area contributed by atoms with Gasteiger partial charge in [-0.15, -0.1) is 16.5 Å². The number of aromatic hydroxyl groups is 1. The average Bonchev–Trinajstić information content (AvgIpc) is 3.27.